The van der Waals surface area contributed by atoms with Crippen molar-refractivity contribution in [1.29, 1.82) is 0 Å². The topological polar surface area (TPSA) is 92.3 Å². The third-order valence-electron chi connectivity index (χ3n) is 4.71. The highest BCUT2D eigenvalue weighted by molar-refractivity contribution is 7.99. The number of nitrogens with one attached hydrogen (secondary N) is 1. The summed E-state index contributed by atoms with van der Waals surface area (Å²) in [5, 5.41) is 3.28. The van der Waals surface area contributed by atoms with Crippen LogP contribution < -0.4 is 9.62 Å². The fraction of sp³-hybridized carbons (Fsp3) is 0.150. The quantitative estimate of drug-likeness (QED) is 0.448. The molecule has 1 aromatic heterocycles. The van der Waals surface area contributed by atoms with Crippen molar-refractivity contribution >= 4 is 50.7 Å². The molecule has 1 amide bonds. The van der Waals surface area contributed by atoms with E-state index in [9.17, 15) is 17.6 Å². The summed E-state index contributed by atoms with van der Waals surface area (Å²) < 4.78 is 40.4. The molecule has 3 aromatic rings. The summed E-state index contributed by atoms with van der Waals surface area (Å²) >= 11 is 7.14. The minimum atomic E-state index is -3.80. The van der Waals surface area contributed by atoms with Crippen LogP contribution in [0.15, 0.2) is 52.6 Å². The zero-order chi connectivity index (χ0) is 22.3. The van der Waals surface area contributed by atoms with Gasteiger partial charge in [-0.25, -0.2) is 22.8 Å². The predicted molar refractivity (Wildman–Crippen MR) is 119 cm³/mol. The van der Waals surface area contributed by atoms with Gasteiger partial charge in [0, 0.05) is 23.3 Å². The van der Waals surface area contributed by atoms with Crippen molar-refractivity contribution in [2.24, 2.45) is 0 Å². The molecule has 1 N–H and O–H groups in total. The molecule has 0 unspecified atom stereocenters. The summed E-state index contributed by atoms with van der Waals surface area (Å²) in [5.74, 6) is -0.819. The highest BCUT2D eigenvalue weighted by Gasteiger charge is 2.34. The summed E-state index contributed by atoms with van der Waals surface area (Å²) in [5.41, 5.74) is 2.07. The molecule has 0 atom stereocenters. The van der Waals surface area contributed by atoms with Crippen molar-refractivity contribution in [3.8, 4) is 11.3 Å². The van der Waals surface area contributed by atoms with E-state index in [4.69, 9.17) is 11.6 Å². The monoisotopic (exact) mass is 478 g/mol. The number of thioether (sulfide) groups is 1. The maximum atomic E-state index is 13.6. The Bertz CT molecular complexity index is 1320. The molecule has 31 heavy (non-hydrogen) atoms. The van der Waals surface area contributed by atoms with Gasteiger partial charge in [-0.15, -0.1) is 0 Å². The number of anilines is 2. The minimum Gasteiger partial charge on any atom is -0.325 e. The largest absolute Gasteiger partial charge is 0.325 e. The van der Waals surface area contributed by atoms with Gasteiger partial charge < -0.3 is 5.32 Å². The van der Waals surface area contributed by atoms with Gasteiger partial charge in [0.1, 0.15) is 10.7 Å². The number of aromatic nitrogens is 2. The van der Waals surface area contributed by atoms with Crippen LogP contribution in [0.4, 0.5) is 15.8 Å². The summed E-state index contributed by atoms with van der Waals surface area (Å²) in [6, 6.07) is 9.28. The fourth-order valence-electron chi connectivity index (χ4n) is 3.05. The minimum absolute atomic E-state index is 0.0336. The molecule has 0 aliphatic carbocycles. The lowest BCUT2D eigenvalue weighted by Gasteiger charge is -2.28. The number of halogens is 2. The molecule has 160 valence electrons. The summed E-state index contributed by atoms with van der Waals surface area (Å²) in [6.07, 6.45) is 1.23. The lowest BCUT2D eigenvalue weighted by Crippen LogP contribution is -2.31. The number of carbonyl (C=O) groups is 1. The van der Waals surface area contributed by atoms with Crippen LogP contribution in [0.3, 0.4) is 0 Å². The molecule has 4 rings (SSSR count). The Morgan fingerprint density at radius 3 is 2.77 bits per heavy atom. The lowest BCUT2D eigenvalue weighted by atomic mass is 10.1. The van der Waals surface area contributed by atoms with Crippen molar-refractivity contribution in [3.63, 3.8) is 0 Å². The van der Waals surface area contributed by atoms with E-state index in [0.29, 0.717) is 27.5 Å². The molecule has 0 radical (unpaired) electrons. The van der Waals surface area contributed by atoms with Crippen LogP contribution in [0.25, 0.3) is 11.3 Å². The molecule has 2 aromatic carbocycles. The molecule has 0 fully saturated rings. The van der Waals surface area contributed by atoms with E-state index in [0.717, 1.165) is 16.1 Å². The number of carbonyl (C=O) groups excluding carboxylic acids is 1. The average Bonchev–Trinajstić information content (AvgIpc) is 2.73. The van der Waals surface area contributed by atoms with Crippen molar-refractivity contribution in [2.75, 3.05) is 22.4 Å². The Kier molecular flexibility index (Phi) is 5.63. The van der Waals surface area contributed by atoms with Gasteiger partial charge in [-0.2, -0.15) is 0 Å². The van der Waals surface area contributed by atoms with Gasteiger partial charge in [0.05, 0.1) is 23.3 Å². The maximum Gasteiger partial charge on any atom is 0.267 e. The second-order valence-corrected chi connectivity index (χ2v) is 10.1. The van der Waals surface area contributed by atoms with E-state index in [1.54, 1.807) is 37.3 Å². The molecule has 0 saturated heterocycles. The van der Waals surface area contributed by atoms with Crippen LogP contribution in [0.2, 0.25) is 5.02 Å². The van der Waals surface area contributed by atoms with Gasteiger partial charge in [-0.05, 0) is 42.8 Å². The van der Waals surface area contributed by atoms with Gasteiger partial charge >= 0.3 is 0 Å². The number of hydrogen-bond acceptors (Lipinski definition) is 6. The third-order valence-corrected chi connectivity index (χ3v) is 7.58. The molecule has 0 spiro atoms. The third kappa shape index (κ3) is 4.10. The number of amides is 1. The second-order valence-electron chi connectivity index (χ2n) is 6.80. The first-order valence-electron chi connectivity index (χ1n) is 9.01. The molecule has 1 aliphatic rings. The number of benzene rings is 2. The zero-order valence-corrected chi connectivity index (χ0v) is 18.8. The molecular formula is C20H16ClFN4O3S2. The van der Waals surface area contributed by atoms with Crippen LogP contribution in [0, 0.1) is 12.7 Å². The highest BCUT2D eigenvalue weighted by Crippen LogP contribution is 2.42. The molecular weight excluding hydrogens is 463 g/mol. The normalized spacial score (nSPS) is 14.0. The van der Waals surface area contributed by atoms with E-state index in [1.165, 1.54) is 19.3 Å². The van der Waals surface area contributed by atoms with Crippen LogP contribution in [-0.4, -0.2) is 37.1 Å². The highest BCUT2D eigenvalue weighted by atomic mass is 35.5. The van der Waals surface area contributed by atoms with E-state index < -0.39 is 15.8 Å². The van der Waals surface area contributed by atoms with Gasteiger partial charge in [0.2, 0.25) is 5.91 Å². The Labute approximate surface area is 187 Å². The van der Waals surface area contributed by atoms with E-state index in [1.807, 2.05) is 0 Å². The van der Waals surface area contributed by atoms with Crippen molar-refractivity contribution < 1.29 is 17.6 Å². The fourth-order valence-corrected chi connectivity index (χ4v) is 5.14. The van der Waals surface area contributed by atoms with Gasteiger partial charge in [-0.1, -0.05) is 29.4 Å². The SMILES string of the molecule is Cc1ccc(NC(=O)CSc2ncc3c(n2)-c2cc(Cl)ccc2N(C)S3(=O)=O)cc1F. The molecule has 7 nitrogen and oxygen atoms in total. The summed E-state index contributed by atoms with van der Waals surface area (Å²) in [4.78, 5) is 20.7. The Morgan fingerprint density at radius 1 is 1.26 bits per heavy atom. The van der Waals surface area contributed by atoms with Crippen molar-refractivity contribution in [2.45, 2.75) is 17.0 Å². The maximum absolute atomic E-state index is 13.6. The first-order chi connectivity index (χ1) is 14.7. The van der Waals surface area contributed by atoms with E-state index >= 15 is 0 Å². The molecule has 0 saturated carbocycles. The van der Waals surface area contributed by atoms with Crippen molar-refractivity contribution in [3.05, 3.63) is 59.0 Å². The standard InChI is InChI=1S/C20H16ClFN4O3S2/c1-11-3-5-13(8-15(11)22)24-18(27)10-30-20-23-9-17-19(25-20)14-7-12(21)4-6-16(14)26(2)31(17,28)29/h3-9H,10H2,1-2H3,(H,24,27). The predicted octanol–water partition coefficient (Wildman–Crippen LogP) is 4.11. The van der Waals surface area contributed by atoms with Crippen molar-refractivity contribution in [1.82, 2.24) is 9.97 Å². The first-order valence-corrected chi connectivity index (χ1v) is 11.8. The number of rotatable bonds is 4. The number of sulfonamides is 1. The Balaban J connectivity index is 1.57. The van der Waals surface area contributed by atoms with Crippen LogP contribution in [-0.2, 0) is 14.8 Å². The van der Waals surface area contributed by atoms with E-state index in [-0.39, 0.29) is 27.4 Å². The lowest BCUT2D eigenvalue weighted by molar-refractivity contribution is -0.113. The van der Waals surface area contributed by atoms with Gasteiger partial charge in [0.15, 0.2) is 5.16 Å². The van der Waals surface area contributed by atoms with Crippen LogP contribution in [0.1, 0.15) is 5.56 Å². The Morgan fingerprint density at radius 2 is 2.03 bits per heavy atom. The first kappa shape index (κ1) is 21.5. The second kappa shape index (κ2) is 8.10. The molecule has 0 bridgehead atoms. The number of aryl methyl sites for hydroxylation is 1. The van der Waals surface area contributed by atoms with Crippen LogP contribution >= 0.6 is 23.4 Å². The van der Waals surface area contributed by atoms with Crippen LogP contribution in [0.5, 0.6) is 0 Å². The average molecular weight is 479 g/mol. The smallest absolute Gasteiger partial charge is 0.267 e. The van der Waals surface area contributed by atoms with Gasteiger partial charge in [0.25, 0.3) is 10.0 Å². The zero-order valence-electron chi connectivity index (χ0n) is 16.4. The van der Waals surface area contributed by atoms with E-state index in [2.05, 4.69) is 15.3 Å². The molecule has 1 aliphatic heterocycles. The molecule has 2 heterocycles. The molecule has 11 heteroatoms. The number of fused-ring (bicyclic) bond motifs is 3. The number of nitrogens with zero attached hydrogens (tertiary/aromatic N) is 3. The number of hydrogen-bond donors (Lipinski definition) is 1. The summed E-state index contributed by atoms with van der Waals surface area (Å²) in [6.45, 7) is 1.63. The summed E-state index contributed by atoms with van der Waals surface area (Å²) in [7, 11) is -2.35. The Hall–Kier alpha value is -2.69. The van der Waals surface area contributed by atoms with Gasteiger partial charge in [-0.3, -0.25) is 9.10 Å².